The molecule has 688 valence electrons. The van der Waals surface area contributed by atoms with Crippen molar-refractivity contribution in [2.45, 2.75) is 325 Å². The number of rotatable bonds is 55. The number of carbonyl (C=O) groups is 12. The number of carbonyl (C=O) groups excluding carboxylic acids is 12. The molecular weight excluding hydrogens is 1560 g/mol. The van der Waals surface area contributed by atoms with Gasteiger partial charge in [0.1, 0.15) is 24.4 Å². The standard InChI is InChI=1S/C87H149N13O21/c1-16-65-48-52(5)76(95-59(12)101)84(118-65)117-46-35-75(108)100-68(31-21-26-38-90-73(106)33-23-28-44-115-86-78(97-61(14)103)57(10)54(7)70(18-3)120-86)83(112)94-42-40-92-81(110)64-49-63(50-66(51-64)113-47-36-88)80(109)91-39-41-93-82(111)67(99-74(107)34-24-29-45-116-87-79(98-62(15)104)58(11)55(8)71(19-4)121-87)30-20-25-37-89-72(105)32-22-27-43-114-85-77(96-60(13)102)56(9)53(6)69(17-2)119-85/h49-58,65,67-71,76-79,84-87H,16-48,88H2,1-15H3,(H,89,105)(H,90,106)(H,91,109)(H,92,110)(H,93,111)(H,94,112)(H,95,101)(H,96,102)(H,97,103)(H,98,104)(H,99,107)(H,100,108)/t52?,53?,54?,55?,56?,57?,58?,65?,67?,68-,69?,70?,71?,76?,77?,78?,79?,84?,85?,86?,87?/m0/s1. The second-order valence-corrected chi connectivity index (χ2v) is 33.2. The molecule has 4 fully saturated rings. The van der Waals surface area contributed by atoms with Crippen LogP contribution in [0.5, 0.6) is 5.75 Å². The van der Waals surface area contributed by atoms with Gasteiger partial charge in [0.2, 0.25) is 59.1 Å². The summed E-state index contributed by atoms with van der Waals surface area (Å²) in [6.07, 6.45) is 6.99. The van der Waals surface area contributed by atoms with Crippen LogP contribution in [0.15, 0.2) is 18.2 Å². The Balaban J connectivity index is 1.14. The molecular formula is C87H149N13O21. The number of unbranched alkanes of at least 4 members (excludes halogenated alkanes) is 5. The fourth-order valence-corrected chi connectivity index (χ4v) is 16.0. The molecule has 20 unspecified atom stereocenters. The molecule has 1 aromatic carbocycles. The molecule has 4 saturated heterocycles. The molecule has 14 N–H and O–H groups in total. The molecule has 12 amide bonds. The van der Waals surface area contributed by atoms with Gasteiger partial charge in [-0.3, -0.25) is 57.5 Å². The maximum atomic E-state index is 14.0. The summed E-state index contributed by atoms with van der Waals surface area (Å²) < 4.78 is 55.3. The fourth-order valence-electron chi connectivity index (χ4n) is 16.0. The van der Waals surface area contributed by atoms with Crippen molar-refractivity contribution < 1.29 is 100 Å². The molecule has 0 saturated carbocycles. The SMILES string of the molecule is CCC1CC(C)C(NC(C)=O)C(OCCC(=O)N[C@@H](CCCCNC(=O)CCCCOC2OC(CC)C(C)C(C)C2NC(C)=O)C(=O)NCCNC(=O)c2cc(OCCN)cc(C(=O)NCCNC(=O)C(CCCCNC(=O)CCCCOC3OC(CC)C(C)C(C)C3NC(C)=O)NC(=O)CCCCOC3OC(CC)C(C)C(C)C3NC(C)=O)c2)O1. The highest BCUT2D eigenvalue weighted by molar-refractivity contribution is 6.00. The Morgan fingerprint density at radius 2 is 0.736 bits per heavy atom. The first-order valence-electron chi connectivity index (χ1n) is 44.7. The van der Waals surface area contributed by atoms with Crippen molar-refractivity contribution in [2.24, 2.45) is 47.2 Å². The van der Waals surface area contributed by atoms with E-state index in [0.717, 1.165) is 32.1 Å². The maximum Gasteiger partial charge on any atom is 0.251 e. The highest BCUT2D eigenvalue weighted by Gasteiger charge is 2.45. The van der Waals surface area contributed by atoms with Gasteiger partial charge in [0.25, 0.3) is 11.8 Å². The van der Waals surface area contributed by atoms with Crippen molar-refractivity contribution in [3.63, 3.8) is 0 Å². The van der Waals surface area contributed by atoms with Crippen molar-refractivity contribution >= 4 is 70.9 Å². The lowest BCUT2D eigenvalue weighted by molar-refractivity contribution is -0.236. The minimum absolute atomic E-state index is 0.00327. The number of nitrogens with two attached hydrogens (primary N) is 1. The predicted octanol–water partition coefficient (Wildman–Crippen LogP) is 5.63. The summed E-state index contributed by atoms with van der Waals surface area (Å²) in [4.78, 5) is 157. The fraction of sp³-hybridized carbons (Fsp3) is 0.793. The molecule has 21 atom stereocenters. The van der Waals surface area contributed by atoms with Gasteiger partial charge in [-0.1, -0.05) is 76.2 Å². The Morgan fingerprint density at radius 3 is 1.11 bits per heavy atom. The largest absolute Gasteiger partial charge is 0.492 e. The summed E-state index contributed by atoms with van der Waals surface area (Å²) in [6.45, 7) is 30.0. The van der Waals surface area contributed by atoms with E-state index in [9.17, 15) is 57.5 Å². The summed E-state index contributed by atoms with van der Waals surface area (Å²) >= 11 is 0. The first kappa shape index (κ1) is 104. The molecule has 0 bridgehead atoms. The molecule has 0 radical (unpaired) electrons. The van der Waals surface area contributed by atoms with E-state index >= 15 is 0 Å². The van der Waals surface area contributed by atoms with E-state index in [1.165, 1.54) is 45.9 Å². The summed E-state index contributed by atoms with van der Waals surface area (Å²) in [5.41, 5.74) is 5.86. The molecule has 34 heteroatoms. The third-order valence-electron chi connectivity index (χ3n) is 23.6. The van der Waals surface area contributed by atoms with E-state index < -0.39 is 72.8 Å². The lowest BCUT2D eigenvalue weighted by atomic mass is 9.81. The monoisotopic (exact) mass is 1710 g/mol. The third-order valence-corrected chi connectivity index (χ3v) is 23.6. The summed E-state index contributed by atoms with van der Waals surface area (Å²) in [6, 6.07) is 0.866. The van der Waals surface area contributed by atoms with Gasteiger partial charge >= 0.3 is 0 Å². The van der Waals surface area contributed by atoms with E-state index in [4.69, 9.17) is 48.4 Å². The predicted molar refractivity (Wildman–Crippen MR) is 454 cm³/mol. The molecule has 0 spiro atoms. The lowest BCUT2D eigenvalue weighted by Gasteiger charge is -2.44. The topological polar surface area (TPSA) is 458 Å². The van der Waals surface area contributed by atoms with Crippen LogP contribution in [0.4, 0.5) is 0 Å². The Morgan fingerprint density at radius 1 is 0.380 bits per heavy atom. The Bertz CT molecular complexity index is 3380. The summed E-state index contributed by atoms with van der Waals surface area (Å²) in [5, 5.41) is 34.7. The van der Waals surface area contributed by atoms with Crippen LogP contribution in [0, 0.1) is 41.4 Å². The molecule has 4 aliphatic rings. The third kappa shape index (κ3) is 36.9. The Hall–Kier alpha value is -7.70. The van der Waals surface area contributed by atoms with Crippen LogP contribution in [-0.4, -0.2) is 236 Å². The zero-order chi connectivity index (χ0) is 89.1. The van der Waals surface area contributed by atoms with Gasteiger partial charge in [-0.2, -0.15) is 0 Å². The number of benzene rings is 1. The van der Waals surface area contributed by atoms with E-state index in [0.29, 0.717) is 90.5 Å². The summed E-state index contributed by atoms with van der Waals surface area (Å²) in [7, 11) is 0. The van der Waals surface area contributed by atoms with Crippen LogP contribution in [0.25, 0.3) is 0 Å². The minimum atomic E-state index is -1.02. The van der Waals surface area contributed by atoms with Crippen LogP contribution >= 0.6 is 0 Å². The average Bonchev–Trinajstić information content (AvgIpc) is 0.816. The van der Waals surface area contributed by atoms with E-state index in [-0.39, 0.29) is 233 Å². The van der Waals surface area contributed by atoms with Gasteiger partial charge in [-0.15, -0.1) is 0 Å². The van der Waals surface area contributed by atoms with Gasteiger partial charge in [-0.05, 0) is 169 Å². The zero-order valence-corrected chi connectivity index (χ0v) is 74.8. The Kier molecular flexibility index (Phi) is 48.3. The maximum absolute atomic E-state index is 14.0. The van der Waals surface area contributed by atoms with Gasteiger partial charge in [0.15, 0.2) is 25.2 Å². The molecule has 121 heavy (non-hydrogen) atoms. The first-order chi connectivity index (χ1) is 57.8. The molecule has 4 heterocycles. The highest BCUT2D eigenvalue weighted by atomic mass is 16.7. The number of nitrogens with one attached hydrogen (secondary N) is 12. The van der Waals surface area contributed by atoms with Crippen LogP contribution in [-0.2, 0) is 85.8 Å². The van der Waals surface area contributed by atoms with Gasteiger partial charge in [0.05, 0.1) is 61.6 Å². The number of hydrogen-bond acceptors (Lipinski definition) is 22. The smallest absolute Gasteiger partial charge is 0.251 e. The van der Waals surface area contributed by atoms with Crippen molar-refractivity contribution in [3.8, 4) is 5.75 Å². The van der Waals surface area contributed by atoms with Crippen molar-refractivity contribution in [2.75, 3.05) is 78.8 Å². The molecule has 0 aliphatic carbocycles. The number of ether oxygens (including phenoxy) is 9. The van der Waals surface area contributed by atoms with Crippen molar-refractivity contribution in [1.29, 1.82) is 0 Å². The zero-order valence-electron chi connectivity index (χ0n) is 74.8. The van der Waals surface area contributed by atoms with E-state index in [1.54, 1.807) is 0 Å². The van der Waals surface area contributed by atoms with Gasteiger partial charge in [0, 0.05) is 124 Å². The van der Waals surface area contributed by atoms with Crippen molar-refractivity contribution in [1.82, 2.24) is 63.8 Å². The molecule has 34 nitrogen and oxygen atoms in total. The summed E-state index contributed by atoms with van der Waals surface area (Å²) in [5.74, 6) is -2.92. The number of amides is 12. The lowest BCUT2D eigenvalue weighted by Crippen LogP contribution is -2.57. The minimum Gasteiger partial charge on any atom is -0.492 e. The molecule has 0 aromatic heterocycles. The molecule has 1 aromatic rings. The normalized spacial score (nSPS) is 26.3. The van der Waals surface area contributed by atoms with Crippen LogP contribution < -0.4 is 74.3 Å². The first-order valence-corrected chi connectivity index (χ1v) is 44.7. The highest BCUT2D eigenvalue weighted by Crippen LogP contribution is 2.36. The van der Waals surface area contributed by atoms with Crippen LogP contribution in [0.2, 0.25) is 0 Å². The van der Waals surface area contributed by atoms with E-state index in [1.807, 2.05) is 20.8 Å². The second-order valence-electron chi connectivity index (χ2n) is 33.2. The second kappa shape index (κ2) is 56.2. The molecule has 5 rings (SSSR count). The van der Waals surface area contributed by atoms with Crippen molar-refractivity contribution in [3.05, 3.63) is 29.3 Å². The van der Waals surface area contributed by atoms with E-state index in [2.05, 4.69) is 119 Å². The van der Waals surface area contributed by atoms with Crippen LogP contribution in [0.1, 0.15) is 259 Å². The quantitative estimate of drug-likeness (QED) is 0.0352. The molecule has 4 aliphatic heterocycles. The van der Waals surface area contributed by atoms with Gasteiger partial charge < -0.3 is 112 Å². The van der Waals surface area contributed by atoms with Crippen LogP contribution in [0.3, 0.4) is 0 Å². The van der Waals surface area contributed by atoms with Gasteiger partial charge in [-0.25, -0.2) is 0 Å². The Labute approximate surface area is 717 Å². The number of hydrogen-bond donors (Lipinski definition) is 13. The average molecular weight is 1710 g/mol.